The third-order valence-corrected chi connectivity index (χ3v) is 4.16. The molecule has 130 valence electrons. The summed E-state index contributed by atoms with van der Waals surface area (Å²) in [6, 6.07) is 11.2. The van der Waals surface area contributed by atoms with Crippen LogP contribution in [0.15, 0.2) is 47.1 Å². The van der Waals surface area contributed by atoms with E-state index < -0.39 is 0 Å². The minimum atomic E-state index is 0.0652. The van der Waals surface area contributed by atoms with E-state index in [-0.39, 0.29) is 11.8 Å². The zero-order chi connectivity index (χ0) is 17.4. The van der Waals surface area contributed by atoms with Gasteiger partial charge in [0.05, 0.1) is 26.0 Å². The van der Waals surface area contributed by atoms with E-state index in [9.17, 15) is 4.79 Å². The molecule has 0 aliphatic rings. The molecule has 0 aliphatic carbocycles. The molecule has 5 nitrogen and oxygen atoms in total. The van der Waals surface area contributed by atoms with Crippen molar-refractivity contribution in [1.29, 1.82) is 0 Å². The Hall–Kier alpha value is -2.11. The molecule has 5 heteroatoms. The molecule has 1 N–H and O–H groups in total. The van der Waals surface area contributed by atoms with Crippen molar-refractivity contribution in [3.05, 3.63) is 54.0 Å². The molecular weight excluding hydrogens is 304 g/mol. The zero-order valence-corrected chi connectivity index (χ0v) is 14.6. The van der Waals surface area contributed by atoms with Gasteiger partial charge in [-0.25, -0.2) is 0 Å². The predicted molar refractivity (Wildman–Crippen MR) is 94.6 cm³/mol. The van der Waals surface area contributed by atoms with E-state index in [4.69, 9.17) is 9.15 Å². The van der Waals surface area contributed by atoms with E-state index >= 15 is 0 Å². The minimum absolute atomic E-state index is 0.0652. The van der Waals surface area contributed by atoms with E-state index in [2.05, 4.69) is 24.1 Å². The van der Waals surface area contributed by atoms with Crippen LogP contribution in [0.4, 0.5) is 0 Å². The van der Waals surface area contributed by atoms with E-state index in [0.29, 0.717) is 18.7 Å². The number of carbonyl (C=O) groups excluding carboxylic acids is 1. The van der Waals surface area contributed by atoms with Gasteiger partial charge in [0, 0.05) is 12.1 Å². The number of hydrogen-bond acceptors (Lipinski definition) is 5. The first-order valence-corrected chi connectivity index (χ1v) is 8.35. The van der Waals surface area contributed by atoms with Crippen molar-refractivity contribution >= 4 is 5.78 Å². The minimum Gasteiger partial charge on any atom is -0.497 e. The highest BCUT2D eigenvalue weighted by Crippen LogP contribution is 2.20. The van der Waals surface area contributed by atoms with Gasteiger partial charge in [-0.3, -0.25) is 9.69 Å². The number of methoxy groups -OCH3 is 1. The summed E-state index contributed by atoms with van der Waals surface area (Å²) < 4.78 is 10.7. The van der Waals surface area contributed by atoms with E-state index in [1.807, 2.05) is 12.1 Å². The van der Waals surface area contributed by atoms with Gasteiger partial charge in [-0.05, 0) is 49.5 Å². The second-order valence-electron chi connectivity index (χ2n) is 5.54. The summed E-state index contributed by atoms with van der Waals surface area (Å²) in [5.41, 5.74) is 0.681. The highest BCUT2D eigenvalue weighted by atomic mass is 16.5. The third kappa shape index (κ3) is 4.69. The van der Waals surface area contributed by atoms with Crippen molar-refractivity contribution in [2.45, 2.75) is 19.9 Å². The van der Waals surface area contributed by atoms with Gasteiger partial charge in [0.15, 0.2) is 5.78 Å². The molecule has 0 fully saturated rings. The van der Waals surface area contributed by atoms with Crippen LogP contribution in [0.1, 0.15) is 36.0 Å². The number of furan rings is 1. The normalized spacial score (nSPS) is 12.3. The van der Waals surface area contributed by atoms with Gasteiger partial charge in [-0.15, -0.1) is 0 Å². The molecule has 0 aliphatic heterocycles. The van der Waals surface area contributed by atoms with Gasteiger partial charge in [0.1, 0.15) is 11.5 Å². The summed E-state index contributed by atoms with van der Waals surface area (Å²) in [4.78, 5) is 14.6. The molecule has 2 rings (SSSR count). The summed E-state index contributed by atoms with van der Waals surface area (Å²) in [5.74, 6) is 1.73. The first kappa shape index (κ1) is 18.2. The van der Waals surface area contributed by atoms with E-state index in [1.165, 1.54) is 0 Å². The SMILES string of the molecule is CCN(CC)C(CNCC(=O)c1ccc(OC)cc1)c1ccco1. The fourth-order valence-corrected chi connectivity index (χ4v) is 2.76. The Bertz CT molecular complexity index is 604. The molecule has 1 heterocycles. The lowest BCUT2D eigenvalue weighted by Crippen LogP contribution is -2.37. The van der Waals surface area contributed by atoms with Gasteiger partial charge in [-0.1, -0.05) is 13.8 Å². The Kier molecular flexibility index (Phi) is 7.03. The number of ketones is 1. The number of likely N-dealkylation sites (N-methyl/N-ethyl adjacent to an activating group) is 1. The number of nitrogens with one attached hydrogen (secondary N) is 1. The van der Waals surface area contributed by atoms with Crippen LogP contribution in [0, 0.1) is 0 Å². The standard InChI is InChI=1S/C19H26N2O3/c1-4-21(5-2)17(19-7-6-12-24-19)13-20-14-18(22)15-8-10-16(23-3)11-9-15/h6-12,17,20H,4-5,13-14H2,1-3H3. The second-order valence-corrected chi connectivity index (χ2v) is 5.54. The Morgan fingerprint density at radius 1 is 1.21 bits per heavy atom. The summed E-state index contributed by atoms with van der Waals surface area (Å²) in [5, 5.41) is 3.27. The maximum absolute atomic E-state index is 12.3. The summed E-state index contributed by atoms with van der Waals surface area (Å²) >= 11 is 0. The van der Waals surface area contributed by atoms with Gasteiger partial charge >= 0.3 is 0 Å². The smallest absolute Gasteiger partial charge is 0.176 e. The number of nitrogens with zero attached hydrogens (tertiary/aromatic N) is 1. The molecule has 0 saturated heterocycles. The fourth-order valence-electron chi connectivity index (χ4n) is 2.76. The molecule has 0 bridgehead atoms. The maximum Gasteiger partial charge on any atom is 0.176 e. The Morgan fingerprint density at radius 3 is 2.46 bits per heavy atom. The molecule has 0 spiro atoms. The predicted octanol–water partition coefficient (Wildman–Crippen LogP) is 3.14. The maximum atomic E-state index is 12.3. The molecule has 0 amide bonds. The Labute approximate surface area is 143 Å². The average Bonchev–Trinajstić information content (AvgIpc) is 3.15. The second kappa shape index (κ2) is 9.25. The Balaban J connectivity index is 1.93. The van der Waals surface area contributed by atoms with E-state index in [0.717, 1.165) is 24.6 Å². The lowest BCUT2D eigenvalue weighted by molar-refractivity contribution is 0.0985. The highest BCUT2D eigenvalue weighted by molar-refractivity contribution is 5.97. The van der Waals surface area contributed by atoms with Gasteiger partial charge in [0.25, 0.3) is 0 Å². The van der Waals surface area contributed by atoms with Crippen molar-refractivity contribution < 1.29 is 13.9 Å². The van der Waals surface area contributed by atoms with Crippen LogP contribution in [-0.2, 0) is 0 Å². The molecular formula is C19H26N2O3. The van der Waals surface area contributed by atoms with Crippen molar-refractivity contribution in [2.75, 3.05) is 33.3 Å². The quantitative estimate of drug-likeness (QED) is 0.678. The first-order chi connectivity index (χ1) is 11.7. The molecule has 1 unspecified atom stereocenters. The van der Waals surface area contributed by atoms with Crippen molar-refractivity contribution in [2.24, 2.45) is 0 Å². The van der Waals surface area contributed by atoms with Crippen LogP contribution in [0.25, 0.3) is 0 Å². The van der Waals surface area contributed by atoms with Gasteiger partial charge in [0.2, 0.25) is 0 Å². The first-order valence-electron chi connectivity index (χ1n) is 8.35. The van der Waals surface area contributed by atoms with Crippen molar-refractivity contribution in [1.82, 2.24) is 10.2 Å². The van der Waals surface area contributed by atoms with Crippen LogP contribution in [0.2, 0.25) is 0 Å². The lowest BCUT2D eigenvalue weighted by Gasteiger charge is -2.28. The third-order valence-electron chi connectivity index (χ3n) is 4.16. The van der Waals surface area contributed by atoms with Crippen LogP contribution in [0.5, 0.6) is 5.75 Å². The van der Waals surface area contributed by atoms with Gasteiger partial charge in [-0.2, -0.15) is 0 Å². The van der Waals surface area contributed by atoms with Crippen molar-refractivity contribution in [3.63, 3.8) is 0 Å². The summed E-state index contributed by atoms with van der Waals surface area (Å²) in [6.07, 6.45) is 1.69. The highest BCUT2D eigenvalue weighted by Gasteiger charge is 2.20. The monoisotopic (exact) mass is 330 g/mol. The number of ether oxygens (including phenoxy) is 1. The number of carbonyl (C=O) groups is 1. The average molecular weight is 330 g/mol. The van der Waals surface area contributed by atoms with Gasteiger partial charge < -0.3 is 14.5 Å². The number of rotatable bonds is 10. The number of Topliss-reactive ketones (excluding diaryl/α,β-unsaturated/α-hetero) is 1. The molecule has 0 radical (unpaired) electrons. The molecule has 1 atom stereocenters. The van der Waals surface area contributed by atoms with Crippen LogP contribution in [0.3, 0.4) is 0 Å². The Morgan fingerprint density at radius 2 is 1.92 bits per heavy atom. The lowest BCUT2D eigenvalue weighted by atomic mass is 10.1. The zero-order valence-electron chi connectivity index (χ0n) is 14.6. The molecule has 24 heavy (non-hydrogen) atoms. The van der Waals surface area contributed by atoms with Crippen LogP contribution in [-0.4, -0.2) is 44.0 Å². The summed E-state index contributed by atoms with van der Waals surface area (Å²) in [7, 11) is 1.61. The fraction of sp³-hybridized carbons (Fsp3) is 0.421. The number of hydrogen-bond donors (Lipinski definition) is 1. The topological polar surface area (TPSA) is 54.7 Å². The number of benzene rings is 1. The summed E-state index contributed by atoms with van der Waals surface area (Å²) in [6.45, 7) is 7.07. The van der Waals surface area contributed by atoms with E-state index in [1.54, 1.807) is 37.6 Å². The van der Waals surface area contributed by atoms with Crippen LogP contribution < -0.4 is 10.1 Å². The van der Waals surface area contributed by atoms with Crippen LogP contribution >= 0.6 is 0 Å². The molecule has 1 aromatic heterocycles. The molecule has 1 aromatic carbocycles. The van der Waals surface area contributed by atoms with Crippen molar-refractivity contribution in [3.8, 4) is 5.75 Å². The largest absolute Gasteiger partial charge is 0.497 e. The molecule has 0 saturated carbocycles. The molecule has 2 aromatic rings.